The molecule has 3 rings (SSSR count). The third-order valence-electron chi connectivity index (χ3n) is 4.89. The van der Waals surface area contributed by atoms with Crippen molar-refractivity contribution in [3.8, 4) is 17.2 Å². The highest BCUT2D eigenvalue weighted by Gasteiger charge is 2.25. The van der Waals surface area contributed by atoms with Crippen LogP contribution in [-0.4, -0.2) is 49.2 Å². The number of nitrogens with zero attached hydrogens (tertiary/aromatic N) is 1. The number of methoxy groups -OCH3 is 3. The van der Waals surface area contributed by atoms with Gasteiger partial charge in [0.1, 0.15) is 6.04 Å². The molecule has 3 aromatic rings. The molecule has 0 spiro atoms. The van der Waals surface area contributed by atoms with Crippen molar-refractivity contribution in [3.05, 3.63) is 42.0 Å². The molecule has 1 aromatic heterocycles. The second-order valence-corrected chi connectivity index (χ2v) is 7.66. The van der Waals surface area contributed by atoms with Crippen molar-refractivity contribution in [1.29, 1.82) is 0 Å². The van der Waals surface area contributed by atoms with Crippen LogP contribution in [0.5, 0.6) is 17.2 Å². The van der Waals surface area contributed by atoms with E-state index in [1.807, 2.05) is 38.1 Å². The van der Waals surface area contributed by atoms with Gasteiger partial charge >= 0.3 is 0 Å². The average Bonchev–Trinajstić information content (AvgIpc) is 3.19. The van der Waals surface area contributed by atoms with Crippen molar-refractivity contribution >= 4 is 28.8 Å². The molecule has 170 valence electrons. The van der Waals surface area contributed by atoms with Crippen LogP contribution in [0.25, 0.3) is 11.0 Å². The molecule has 9 nitrogen and oxygen atoms in total. The van der Waals surface area contributed by atoms with Crippen LogP contribution in [0.3, 0.4) is 0 Å². The third-order valence-corrected chi connectivity index (χ3v) is 4.89. The van der Waals surface area contributed by atoms with E-state index >= 15 is 0 Å². The fourth-order valence-electron chi connectivity index (χ4n) is 3.37. The fraction of sp³-hybridized carbons (Fsp3) is 0.348. The zero-order chi connectivity index (χ0) is 23.3. The molecule has 0 aliphatic carbocycles. The first kappa shape index (κ1) is 22.9. The molecule has 0 aliphatic heterocycles. The van der Waals surface area contributed by atoms with Gasteiger partial charge in [0.2, 0.25) is 17.6 Å². The molecule has 1 heterocycles. The number of nitrogens with one attached hydrogen (secondary N) is 3. The first-order chi connectivity index (χ1) is 15.4. The molecule has 0 fully saturated rings. The Bertz CT molecular complexity index is 1050. The molecule has 0 aliphatic rings. The van der Waals surface area contributed by atoms with Gasteiger partial charge in [-0.2, -0.15) is 0 Å². The molecule has 32 heavy (non-hydrogen) atoms. The second-order valence-electron chi connectivity index (χ2n) is 7.66. The second kappa shape index (κ2) is 10.0. The fourth-order valence-corrected chi connectivity index (χ4v) is 3.37. The summed E-state index contributed by atoms with van der Waals surface area (Å²) in [4.78, 5) is 33.4. The molecule has 0 saturated heterocycles. The van der Waals surface area contributed by atoms with E-state index < -0.39 is 11.9 Å². The van der Waals surface area contributed by atoms with Gasteiger partial charge in [0.25, 0.3) is 5.91 Å². The first-order valence-corrected chi connectivity index (χ1v) is 10.2. The van der Waals surface area contributed by atoms with Crippen LogP contribution >= 0.6 is 0 Å². The van der Waals surface area contributed by atoms with E-state index in [1.165, 1.54) is 21.3 Å². The van der Waals surface area contributed by atoms with E-state index in [0.717, 1.165) is 11.0 Å². The monoisotopic (exact) mass is 440 g/mol. The van der Waals surface area contributed by atoms with Gasteiger partial charge < -0.3 is 24.5 Å². The maximum atomic E-state index is 13.0. The standard InChI is InChI=1S/C23H28N4O5/c1-13(2)10-17(22(29)27-23-25-15-8-6-7-9-16(15)26-23)24-21(28)14-11-18(30-3)20(32-5)19(12-14)31-4/h6-9,11-13,17H,10H2,1-5H3,(H,24,28)(H2,25,26,27,29)/t17-/m1/s1. The quantitative estimate of drug-likeness (QED) is 0.470. The number of hydrogen-bond donors (Lipinski definition) is 3. The van der Waals surface area contributed by atoms with Gasteiger partial charge in [-0.25, -0.2) is 4.98 Å². The van der Waals surface area contributed by atoms with E-state index in [-0.39, 0.29) is 17.4 Å². The van der Waals surface area contributed by atoms with Gasteiger partial charge in [-0.15, -0.1) is 0 Å². The molecule has 0 bridgehead atoms. The molecular formula is C23H28N4O5. The number of carbonyl (C=O) groups excluding carboxylic acids is 2. The van der Waals surface area contributed by atoms with Crippen LogP contribution in [0.2, 0.25) is 0 Å². The molecule has 0 unspecified atom stereocenters. The number of anilines is 1. The number of fused-ring (bicyclic) bond motifs is 1. The molecule has 0 saturated carbocycles. The van der Waals surface area contributed by atoms with E-state index in [9.17, 15) is 9.59 Å². The van der Waals surface area contributed by atoms with Crippen LogP contribution < -0.4 is 24.8 Å². The minimum Gasteiger partial charge on any atom is -0.493 e. The number of aromatic amines is 1. The Labute approximate surface area is 186 Å². The van der Waals surface area contributed by atoms with Gasteiger partial charge in [-0.05, 0) is 36.6 Å². The zero-order valence-electron chi connectivity index (χ0n) is 18.8. The highest BCUT2D eigenvalue weighted by Crippen LogP contribution is 2.38. The number of carbonyl (C=O) groups is 2. The lowest BCUT2D eigenvalue weighted by Gasteiger charge is -2.20. The lowest BCUT2D eigenvalue weighted by atomic mass is 10.0. The lowest BCUT2D eigenvalue weighted by Crippen LogP contribution is -2.44. The van der Waals surface area contributed by atoms with Crippen LogP contribution in [-0.2, 0) is 4.79 Å². The zero-order valence-corrected chi connectivity index (χ0v) is 18.8. The van der Waals surface area contributed by atoms with E-state index in [1.54, 1.807) is 12.1 Å². The summed E-state index contributed by atoms with van der Waals surface area (Å²) in [6.45, 7) is 3.96. The maximum absolute atomic E-state index is 13.0. The predicted octanol–water partition coefficient (Wildman–Crippen LogP) is 3.37. The summed E-state index contributed by atoms with van der Waals surface area (Å²) in [5.41, 5.74) is 1.83. The van der Waals surface area contributed by atoms with Gasteiger partial charge in [0.05, 0.1) is 32.4 Å². The Hall–Kier alpha value is -3.75. The number of ether oxygens (including phenoxy) is 3. The molecule has 9 heteroatoms. The SMILES string of the molecule is COc1cc(C(=O)N[C@H](CC(C)C)C(=O)Nc2nc3ccccc3[nH]2)cc(OC)c1OC. The minimum atomic E-state index is -0.769. The van der Waals surface area contributed by atoms with Crippen molar-refractivity contribution < 1.29 is 23.8 Å². The first-order valence-electron chi connectivity index (χ1n) is 10.2. The number of imidazole rings is 1. The van der Waals surface area contributed by atoms with Crippen molar-refractivity contribution in [2.24, 2.45) is 5.92 Å². The van der Waals surface area contributed by atoms with Crippen LogP contribution in [0.1, 0.15) is 30.6 Å². The normalized spacial score (nSPS) is 11.8. The molecule has 3 N–H and O–H groups in total. The van der Waals surface area contributed by atoms with Crippen LogP contribution in [0.15, 0.2) is 36.4 Å². The number of amides is 2. The minimum absolute atomic E-state index is 0.168. The van der Waals surface area contributed by atoms with Crippen molar-refractivity contribution in [2.45, 2.75) is 26.3 Å². The summed E-state index contributed by atoms with van der Waals surface area (Å²) in [5, 5.41) is 5.58. The smallest absolute Gasteiger partial charge is 0.252 e. The molecule has 1 atom stereocenters. The summed E-state index contributed by atoms with van der Waals surface area (Å²) in [7, 11) is 4.43. The highest BCUT2D eigenvalue weighted by atomic mass is 16.5. The van der Waals surface area contributed by atoms with Gasteiger partial charge in [0.15, 0.2) is 11.5 Å². The highest BCUT2D eigenvalue weighted by molar-refractivity contribution is 6.01. The summed E-state index contributed by atoms with van der Waals surface area (Å²) >= 11 is 0. The summed E-state index contributed by atoms with van der Waals surface area (Å²) in [6.07, 6.45) is 0.447. The van der Waals surface area contributed by atoms with Crippen LogP contribution in [0, 0.1) is 5.92 Å². The molecule has 2 aromatic carbocycles. The van der Waals surface area contributed by atoms with Gasteiger partial charge in [-0.1, -0.05) is 26.0 Å². The van der Waals surface area contributed by atoms with Crippen molar-refractivity contribution in [2.75, 3.05) is 26.6 Å². The van der Waals surface area contributed by atoms with Crippen LogP contribution in [0.4, 0.5) is 5.95 Å². The maximum Gasteiger partial charge on any atom is 0.252 e. The lowest BCUT2D eigenvalue weighted by molar-refractivity contribution is -0.118. The summed E-state index contributed by atoms with van der Waals surface area (Å²) in [5.74, 6) is 0.781. The predicted molar refractivity (Wildman–Crippen MR) is 122 cm³/mol. The third kappa shape index (κ3) is 5.11. The Morgan fingerprint density at radius 3 is 2.25 bits per heavy atom. The van der Waals surface area contributed by atoms with E-state index in [0.29, 0.717) is 29.6 Å². The largest absolute Gasteiger partial charge is 0.493 e. The summed E-state index contributed by atoms with van der Waals surface area (Å²) < 4.78 is 15.9. The van der Waals surface area contributed by atoms with Crippen molar-refractivity contribution in [1.82, 2.24) is 15.3 Å². The molecule has 0 radical (unpaired) electrons. The van der Waals surface area contributed by atoms with Gasteiger partial charge in [-0.3, -0.25) is 14.9 Å². The Morgan fingerprint density at radius 1 is 1.03 bits per heavy atom. The number of H-pyrrole nitrogens is 1. The number of rotatable bonds is 9. The average molecular weight is 441 g/mol. The Kier molecular flexibility index (Phi) is 7.19. The van der Waals surface area contributed by atoms with E-state index in [2.05, 4.69) is 20.6 Å². The number of benzene rings is 2. The number of aromatic nitrogens is 2. The molecular weight excluding hydrogens is 412 g/mol. The Morgan fingerprint density at radius 2 is 1.69 bits per heavy atom. The van der Waals surface area contributed by atoms with Crippen molar-refractivity contribution in [3.63, 3.8) is 0 Å². The Balaban J connectivity index is 1.81. The molecule has 2 amide bonds. The van der Waals surface area contributed by atoms with E-state index in [4.69, 9.17) is 14.2 Å². The van der Waals surface area contributed by atoms with Gasteiger partial charge in [0, 0.05) is 5.56 Å². The number of hydrogen-bond acceptors (Lipinski definition) is 6. The number of para-hydroxylation sites is 2. The topological polar surface area (TPSA) is 115 Å². The summed E-state index contributed by atoms with van der Waals surface area (Å²) in [6, 6.07) is 9.78.